The normalized spacial score (nSPS) is 16.9. The predicted molar refractivity (Wildman–Crippen MR) is 137 cm³/mol. The van der Waals surface area contributed by atoms with Gasteiger partial charge < -0.3 is 24.4 Å². The summed E-state index contributed by atoms with van der Waals surface area (Å²) in [6.45, 7) is 3.08. The zero-order valence-corrected chi connectivity index (χ0v) is 21.0. The van der Waals surface area contributed by atoms with E-state index in [1.165, 1.54) is 25.1 Å². The number of nitrogens with zero attached hydrogens (tertiary/aromatic N) is 2. The maximum atomic E-state index is 14.0. The van der Waals surface area contributed by atoms with E-state index in [0.29, 0.717) is 37.4 Å². The molecule has 1 heterocycles. The summed E-state index contributed by atoms with van der Waals surface area (Å²) in [5, 5.41) is 9.76. The third-order valence-corrected chi connectivity index (χ3v) is 6.58. The summed E-state index contributed by atoms with van der Waals surface area (Å²) in [6.07, 6.45) is 0.728. The van der Waals surface area contributed by atoms with Gasteiger partial charge in [0.05, 0.1) is 12.6 Å². The van der Waals surface area contributed by atoms with E-state index in [0.717, 1.165) is 5.56 Å². The average molecular weight is 507 g/mol. The molecule has 3 aromatic carbocycles. The summed E-state index contributed by atoms with van der Waals surface area (Å²) in [7, 11) is 1.82. The molecule has 8 heteroatoms. The quantitative estimate of drug-likeness (QED) is 0.396. The molecule has 3 aromatic rings. The lowest BCUT2D eigenvalue weighted by molar-refractivity contribution is -0.153. The van der Waals surface area contributed by atoms with Gasteiger partial charge in [0.25, 0.3) is 0 Å². The second kappa shape index (κ2) is 11.3. The third kappa shape index (κ3) is 6.39. The first kappa shape index (κ1) is 26.0. The Balaban J connectivity index is 1.29. The molecule has 1 fully saturated rings. The largest absolute Gasteiger partial charge is 0.494 e. The Bertz CT molecular complexity index is 1220. The van der Waals surface area contributed by atoms with Gasteiger partial charge in [0.15, 0.2) is 11.6 Å². The summed E-state index contributed by atoms with van der Waals surface area (Å²) in [4.78, 5) is 28.2. The van der Waals surface area contributed by atoms with Gasteiger partial charge in [-0.15, -0.1) is 0 Å². The summed E-state index contributed by atoms with van der Waals surface area (Å²) in [5.41, 5.74) is 0.168. The van der Waals surface area contributed by atoms with Gasteiger partial charge in [0.1, 0.15) is 5.75 Å². The molecule has 1 saturated heterocycles. The van der Waals surface area contributed by atoms with Crippen molar-refractivity contribution < 1.29 is 28.6 Å². The molecule has 0 spiro atoms. The zero-order valence-electron chi connectivity index (χ0n) is 21.0. The topological polar surface area (TPSA) is 79.3 Å². The first-order valence-corrected chi connectivity index (χ1v) is 12.2. The van der Waals surface area contributed by atoms with Crippen molar-refractivity contribution in [2.45, 2.75) is 38.0 Å². The van der Waals surface area contributed by atoms with Gasteiger partial charge in [0.2, 0.25) is 5.60 Å². The molecule has 2 amide bonds. The van der Waals surface area contributed by atoms with Crippen LogP contribution in [0, 0.1) is 5.82 Å². The number of rotatable bonds is 11. The smallest absolute Gasteiger partial charge is 0.348 e. The Labute approximate surface area is 216 Å². The summed E-state index contributed by atoms with van der Waals surface area (Å²) < 4.78 is 25.5. The zero-order chi connectivity index (χ0) is 26.4. The minimum Gasteiger partial charge on any atom is -0.494 e. The number of hydrogen-bond acceptors (Lipinski definition) is 4. The van der Waals surface area contributed by atoms with E-state index in [2.05, 4.69) is 0 Å². The van der Waals surface area contributed by atoms with Crippen LogP contribution in [0.4, 0.5) is 9.18 Å². The van der Waals surface area contributed by atoms with Crippen LogP contribution >= 0.6 is 0 Å². The van der Waals surface area contributed by atoms with Gasteiger partial charge in [-0.3, -0.25) is 0 Å². The van der Waals surface area contributed by atoms with Crippen LogP contribution in [0.3, 0.4) is 0 Å². The number of likely N-dealkylation sites (N-methyl/N-ethyl adjacent to an activating group) is 1. The van der Waals surface area contributed by atoms with Crippen molar-refractivity contribution >= 4 is 12.0 Å². The standard InChI is InChI=1S/C29H31FN2O5/c1-29(27(33)34,37-26-11-7-6-10-25(26)30)18-21-12-14-24(15-13-21)36-17-16-23-20-32(28(35)31(23)2)19-22-8-4-3-5-9-22/h3-15,23H,16-20H2,1-2H3,(H,33,34)/t23-,29+/m0/s1. The lowest BCUT2D eigenvalue weighted by atomic mass is 9.96. The van der Waals surface area contributed by atoms with Crippen LogP contribution in [0.15, 0.2) is 78.9 Å². The van der Waals surface area contributed by atoms with E-state index in [9.17, 15) is 19.1 Å². The molecular weight excluding hydrogens is 475 g/mol. The monoisotopic (exact) mass is 506 g/mol. The lowest BCUT2D eigenvalue weighted by Gasteiger charge is -2.26. The Kier molecular flexibility index (Phi) is 7.96. The highest BCUT2D eigenvalue weighted by Crippen LogP contribution is 2.26. The number of aliphatic carboxylic acids is 1. The Morgan fingerprint density at radius 2 is 1.70 bits per heavy atom. The third-order valence-electron chi connectivity index (χ3n) is 6.58. The van der Waals surface area contributed by atoms with Crippen LogP contribution in [-0.4, -0.2) is 58.7 Å². The minimum atomic E-state index is -1.64. The van der Waals surface area contributed by atoms with Gasteiger partial charge >= 0.3 is 12.0 Å². The number of carboxylic acid groups (broad SMARTS) is 1. The molecule has 0 aromatic heterocycles. The molecule has 1 N–H and O–H groups in total. The van der Waals surface area contributed by atoms with Gasteiger partial charge in [-0.2, -0.15) is 0 Å². The van der Waals surface area contributed by atoms with Crippen LogP contribution in [0.5, 0.6) is 11.5 Å². The number of para-hydroxylation sites is 1. The molecule has 1 aliphatic rings. The van der Waals surface area contributed by atoms with E-state index in [-0.39, 0.29) is 24.2 Å². The molecule has 37 heavy (non-hydrogen) atoms. The summed E-state index contributed by atoms with van der Waals surface area (Å²) >= 11 is 0. The highest BCUT2D eigenvalue weighted by Gasteiger charge is 2.37. The van der Waals surface area contributed by atoms with Crippen molar-refractivity contribution in [1.82, 2.24) is 9.80 Å². The molecular formula is C29H31FN2O5. The molecule has 194 valence electrons. The van der Waals surface area contributed by atoms with Crippen LogP contribution in [0.1, 0.15) is 24.5 Å². The summed E-state index contributed by atoms with van der Waals surface area (Å²) in [5.74, 6) is -1.27. The molecule has 4 rings (SSSR count). The molecule has 2 atom stereocenters. The van der Waals surface area contributed by atoms with E-state index >= 15 is 0 Å². The van der Waals surface area contributed by atoms with E-state index < -0.39 is 17.4 Å². The SMILES string of the molecule is CN1C(=O)N(Cc2ccccc2)C[C@@H]1CCOc1ccc(C[C@@](C)(Oc2ccccc2F)C(=O)O)cc1. The van der Waals surface area contributed by atoms with E-state index in [1.54, 1.807) is 35.2 Å². The van der Waals surface area contributed by atoms with Crippen LogP contribution < -0.4 is 9.47 Å². The number of carbonyl (C=O) groups is 2. The Morgan fingerprint density at radius 1 is 1.03 bits per heavy atom. The number of carboxylic acids is 1. The predicted octanol–water partition coefficient (Wildman–Crippen LogP) is 5.00. The summed E-state index contributed by atoms with van der Waals surface area (Å²) in [6, 6.07) is 22.8. The molecule has 1 aliphatic heterocycles. The molecule has 0 saturated carbocycles. The maximum Gasteiger partial charge on any atom is 0.348 e. The second-order valence-corrected chi connectivity index (χ2v) is 9.44. The first-order valence-electron chi connectivity index (χ1n) is 12.2. The first-order chi connectivity index (χ1) is 17.7. The fraction of sp³-hybridized carbons (Fsp3) is 0.310. The Hall–Kier alpha value is -4.07. The van der Waals surface area contributed by atoms with Crippen molar-refractivity contribution in [2.24, 2.45) is 0 Å². The second-order valence-electron chi connectivity index (χ2n) is 9.44. The average Bonchev–Trinajstić information content (AvgIpc) is 3.15. The minimum absolute atomic E-state index is 0.0114. The molecule has 0 radical (unpaired) electrons. The fourth-order valence-corrected chi connectivity index (χ4v) is 4.39. The number of amides is 2. The van der Waals surface area contributed by atoms with Crippen LogP contribution in [-0.2, 0) is 17.8 Å². The van der Waals surface area contributed by atoms with Crippen LogP contribution in [0.2, 0.25) is 0 Å². The van der Waals surface area contributed by atoms with E-state index in [1.807, 2.05) is 42.3 Å². The van der Waals surface area contributed by atoms with Gasteiger partial charge in [-0.1, -0.05) is 54.6 Å². The molecule has 7 nitrogen and oxygen atoms in total. The fourth-order valence-electron chi connectivity index (χ4n) is 4.39. The van der Waals surface area contributed by atoms with Crippen molar-refractivity contribution in [1.29, 1.82) is 0 Å². The van der Waals surface area contributed by atoms with Gasteiger partial charge in [-0.25, -0.2) is 14.0 Å². The number of ether oxygens (including phenoxy) is 2. The number of benzene rings is 3. The molecule has 0 aliphatic carbocycles. The molecule has 0 unspecified atom stereocenters. The van der Waals surface area contributed by atoms with Crippen molar-refractivity contribution in [3.05, 3.63) is 95.8 Å². The number of urea groups is 1. The highest BCUT2D eigenvalue weighted by atomic mass is 19.1. The highest BCUT2D eigenvalue weighted by molar-refractivity contribution is 5.78. The number of carbonyl (C=O) groups excluding carboxylic acids is 1. The maximum absolute atomic E-state index is 14.0. The van der Waals surface area contributed by atoms with E-state index in [4.69, 9.17) is 9.47 Å². The van der Waals surface area contributed by atoms with Crippen LogP contribution in [0.25, 0.3) is 0 Å². The van der Waals surface area contributed by atoms with Gasteiger partial charge in [0, 0.05) is 33.0 Å². The molecule has 0 bridgehead atoms. The van der Waals surface area contributed by atoms with Crippen molar-refractivity contribution in [3.8, 4) is 11.5 Å². The lowest BCUT2D eigenvalue weighted by Crippen LogP contribution is -2.43. The van der Waals surface area contributed by atoms with Crippen molar-refractivity contribution in [3.63, 3.8) is 0 Å². The van der Waals surface area contributed by atoms with Crippen molar-refractivity contribution in [2.75, 3.05) is 20.2 Å². The number of hydrogen-bond donors (Lipinski definition) is 1. The van der Waals surface area contributed by atoms with Gasteiger partial charge in [-0.05, 0) is 42.3 Å². The Morgan fingerprint density at radius 3 is 2.38 bits per heavy atom. The number of halogens is 1.